The topological polar surface area (TPSA) is 93.4 Å². The Bertz CT molecular complexity index is 1260. The zero-order valence-corrected chi connectivity index (χ0v) is 17.6. The molecule has 0 spiro atoms. The standard InChI is InChI=1S/C20H19N7O.2ClH/c28-20-15(2-4-18-13-7-12(9-21-10-13)11-27(18)20)19-22-5-6-26(19)14-1-3-16-17(8-14)24-25-23-16;;/h1-6,8,12-13,21H,7,9-11H2,(H,23,24,25);2*1H/t12-,13+;;/m0../s1. The Hall–Kier alpha value is -2.68. The SMILES string of the molecule is Cl.Cl.O=c1c(-c2nccn2-c2ccc3n[nH]nc3c2)ccc2n1C[C@@H]1CNC[C@H]2C1. The predicted octanol–water partition coefficient (Wildman–Crippen LogP) is 2.52. The minimum absolute atomic E-state index is 0. The van der Waals surface area contributed by atoms with Crippen molar-refractivity contribution in [3.63, 3.8) is 0 Å². The van der Waals surface area contributed by atoms with Gasteiger partial charge in [-0.3, -0.25) is 9.36 Å². The van der Waals surface area contributed by atoms with Crippen molar-refractivity contribution in [1.82, 2.24) is 34.8 Å². The number of hydrogen-bond donors (Lipinski definition) is 2. The summed E-state index contributed by atoms with van der Waals surface area (Å²) in [7, 11) is 0. The highest BCUT2D eigenvalue weighted by molar-refractivity contribution is 5.85. The summed E-state index contributed by atoms with van der Waals surface area (Å²) in [5.74, 6) is 1.59. The number of aromatic nitrogens is 6. The quantitative estimate of drug-likeness (QED) is 0.494. The molecule has 6 rings (SSSR count). The molecule has 2 N–H and O–H groups in total. The van der Waals surface area contributed by atoms with E-state index in [0.29, 0.717) is 23.2 Å². The molecule has 5 heterocycles. The van der Waals surface area contributed by atoms with Crippen molar-refractivity contribution in [3.05, 3.63) is 58.8 Å². The lowest BCUT2D eigenvalue weighted by atomic mass is 9.84. The minimum atomic E-state index is 0. The zero-order valence-electron chi connectivity index (χ0n) is 16.0. The summed E-state index contributed by atoms with van der Waals surface area (Å²) in [6.45, 7) is 2.71. The average molecular weight is 446 g/mol. The molecule has 1 fully saturated rings. The number of aromatic amines is 1. The lowest BCUT2D eigenvalue weighted by Gasteiger charge is -2.37. The first-order chi connectivity index (χ1) is 13.8. The van der Waals surface area contributed by atoms with E-state index >= 15 is 0 Å². The first kappa shape index (κ1) is 20.6. The van der Waals surface area contributed by atoms with Gasteiger partial charge in [0.2, 0.25) is 0 Å². The maximum Gasteiger partial charge on any atom is 0.261 e. The molecule has 0 radical (unpaired) electrons. The summed E-state index contributed by atoms with van der Waals surface area (Å²) in [5.41, 5.74) is 4.29. The Morgan fingerprint density at radius 3 is 2.80 bits per heavy atom. The molecule has 2 aliphatic rings. The van der Waals surface area contributed by atoms with Crippen LogP contribution in [0.1, 0.15) is 18.0 Å². The fourth-order valence-corrected chi connectivity index (χ4v) is 4.65. The van der Waals surface area contributed by atoms with Gasteiger partial charge in [0.1, 0.15) is 16.9 Å². The number of fused-ring (bicyclic) bond motifs is 5. The van der Waals surface area contributed by atoms with Gasteiger partial charge < -0.3 is 9.88 Å². The lowest BCUT2D eigenvalue weighted by Crippen LogP contribution is -2.45. The lowest BCUT2D eigenvalue weighted by molar-refractivity contribution is 0.257. The molecule has 2 aliphatic heterocycles. The minimum Gasteiger partial charge on any atom is -0.316 e. The van der Waals surface area contributed by atoms with Gasteiger partial charge in [-0.2, -0.15) is 15.4 Å². The molecule has 0 unspecified atom stereocenters. The number of rotatable bonds is 2. The van der Waals surface area contributed by atoms with Gasteiger partial charge in [-0.05, 0) is 49.2 Å². The molecular formula is C20H21Cl2N7O. The third-order valence-electron chi connectivity index (χ3n) is 5.97. The Labute approximate surface area is 184 Å². The van der Waals surface area contributed by atoms with Gasteiger partial charge in [0.15, 0.2) is 0 Å². The van der Waals surface area contributed by atoms with Gasteiger partial charge in [0.25, 0.3) is 5.56 Å². The van der Waals surface area contributed by atoms with Crippen LogP contribution >= 0.6 is 24.8 Å². The van der Waals surface area contributed by atoms with E-state index in [9.17, 15) is 4.79 Å². The first-order valence-electron chi connectivity index (χ1n) is 9.57. The highest BCUT2D eigenvalue weighted by atomic mass is 35.5. The molecule has 0 aliphatic carbocycles. The molecule has 1 saturated heterocycles. The van der Waals surface area contributed by atoms with Gasteiger partial charge in [0, 0.05) is 42.8 Å². The van der Waals surface area contributed by atoms with Crippen molar-refractivity contribution in [2.75, 3.05) is 13.1 Å². The number of H-pyrrole nitrogens is 1. The van der Waals surface area contributed by atoms with Gasteiger partial charge in [-0.25, -0.2) is 4.98 Å². The van der Waals surface area contributed by atoms with Crippen molar-refractivity contribution < 1.29 is 0 Å². The Kier molecular flexibility index (Phi) is 5.40. The second kappa shape index (κ2) is 7.86. The van der Waals surface area contributed by atoms with E-state index in [2.05, 4.69) is 31.8 Å². The highest BCUT2D eigenvalue weighted by Gasteiger charge is 2.31. The number of nitrogens with zero attached hydrogens (tertiary/aromatic N) is 5. The zero-order chi connectivity index (χ0) is 18.7. The van der Waals surface area contributed by atoms with Crippen LogP contribution in [0.4, 0.5) is 0 Å². The predicted molar refractivity (Wildman–Crippen MR) is 119 cm³/mol. The second-order valence-corrected chi connectivity index (χ2v) is 7.66. The van der Waals surface area contributed by atoms with E-state index in [-0.39, 0.29) is 30.4 Å². The van der Waals surface area contributed by atoms with Crippen molar-refractivity contribution in [1.29, 1.82) is 0 Å². The van der Waals surface area contributed by atoms with Crippen LogP contribution in [0.3, 0.4) is 0 Å². The van der Waals surface area contributed by atoms with E-state index in [1.54, 1.807) is 6.20 Å². The molecule has 2 bridgehead atoms. The van der Waals surface area contributed by atoms with Crippen LogP contribution in [0, 0.1) is 5.92 Å². The van der Waals surface area contributed by atoms with Crippen molar-refractivity contribution >= 4 is 35.8 Å². The number of imidazole rings is 1. The number of pyridine rings is 1. The van der Waals surface area contributed by atoms with Gasteiger partial charge in [-0.15, -0.1) is 24.8 Å². The third kappa shape index (κ3) is 3.12. The number of benzene rings is 1. The van der Waals surface area contributed by atoms with E-state index in [4.69, 9.17) is 0 Å². The van der Waals surface area contributed by atoms with Crippen LogP contribution in [-0.2, 0) is 6.54 Å². The number of piperidine rings is 1. The van der Waals surface area contributed by atoms with E-state index in [1.807, 2.05) is 39.6 Å². The van der Waals surface area contributed by atoms with E-state index in [1.165, 1.54) is 0 Å². The summed E-state index contributed by atoms with van der Waals surface area (Å²) in [6, 6.07) is 9.84. The van der Waals surface area contributed by atoms with Gasteiger partial charge in [-0.1, -0.05) is 0 Å². The fourth-order valence-electron chi connectivity index (χ4n) is 4.65. The largest absolute Gasteiger partial charge is 0.316 e. The summed E-state index contributed by atoms with van der Waals surface area (Å²) >= 11 is 0. The molecule has 8 nitrogen and oxygen atoms in total. The summed E-state index contributed by atoms with van der Waals surface area (Å²) in [5, 5.41) is 14.4. The number of nitrogens with one attached hydrogen (secondary N) is 2. The van der Waals surface area contributed by atoms with Crippen LogP contribution in [0.2, 0.25) is 0 Å². The fraction of sp³-hybridized carbons (Fsp3) is 0.300. The van der Waals surface area contributed by atoms with Crippen LogP contribution in [0.25, 0.3) is 28.1 Å². The molecular weight excluding hydrogens is 425 g/mol. The molecule has 2 atom stereocenters. The van der Waals surface area contributed by atoms with Crippen molar-refractivity contribution in [2.24, 2.45) is 5.92 Å². The maximum atomic E-state index is 13.4. The van der Waals surface area contributed by atoms with Crippen molar-refractivity contribution in [3.8, 4) is 17.1 Å². The van der Waals surface area contributed by atoms with Crippen LogP contribution in [0.5, 0.6) is 0 Å². The normalized spacial score (nSPS) is 19.6. The Morgan fingerprint density at radius 1 is 1.03 bits per heavy atom. The van der Waals surface area contributed by atoms with Crippen LogP contribution in [-0.4, -0.2) is 42.6 Å². The first-order valence-corrected chi connectivity index (χ1v) is 9.57. The number of halogens is 2. The van der Waals surface area contributed by atoms with Crippen LogP contribution < -0.4 is 10.9 Å². The second-order valence-electron chi connectivity index (χ2n) is 7.66. The summed E-state index contributed by atoms with van der Waals surface area (Å²) in [6.07, 6.45) is 4.77. The molecule has 30 heavy (non-hydrogen) atoms. The third-order valence-corrected chi connectivity index (χ3v) is 5.97. The molecule has 10 heteroatoms. The molecule has 3 aromatic heterocycles. The average Bonchev–Trinajstić information content (AvgIpc) is 3.38. The maximum absolute atomic E-state index is 13.4. The van der Waals surface area contributed by atoms with Crippen LogP contribution in [0.15, 0.2) is 47.5 Å². The highest BCUT2D eigenvalue weighted by Crippen LogP contribution is 2.32. The van der Waals surface area contributed by atoms with E-state index < -0.39 is 0 Å². The molecule has 0 saturated carbocycles. The summed E-state index contributed by atoms with van der Waals surface area (Å²) in [4.78, 5) is 17.9. The molecule has 1 aromatic carbocycles. The monoisotopic (exact) mass is 445 g/mol. The Balaban J connectivity index is 0.00000109. The molecule has 4 aromatic rings. The smallest absolute Gasteiger partial charge is 0.261 e. The summed E-state index contributed by atoms with van der Waals surface area (Å²) < 4.78 is 3.90. The molecule has 0 amide bonds. The Morgan fingerprint density at radius 2 is 1.90 bits per heavy atom. The number of hydrogen-bond acceptors (Lipinski definition) is 5. The van der Waals surface area contributed by atoms with E-state index in [0.717, 1.165) is 48.5 Å². The van der Waals surface area contributed by atoms with Gasteiger partial charge in [0.05, 0.1) is 5.56 Å². The molecule has 156 valence electrons. The van der Waals surface area contributed by atoms with Gasteiger partial charge >= 0.3 is 0 Å². The van der Waals surface area contributed by atoms with Crippen molar-refractivity contribution in [2.45, 2.75) is 18.9 Å².